The second-order valence-electron chi connectivity index (χ2n) is 6.77. The molecule has 3 N–H and O–H groups in total. The maximum Gasteiger partial charge on any atom is 0.355 e. The third kappa shape index (κ3) is 4.68. The van der Waals surface area contributed by atoms with Gasteiger partial charge in [0.25, 0.3) is 0 Å². The van der Waals surface area contributed by atoms with Crippen LogP contribution >= 0.6 is 23.4 Å². The van der Waals surface area contributed by atoms with Gasteiger partial charge in [-0.15, -0.1) is 11.8 Å². The number of methoxy groups -OCH3 is 1. The van der Waals surface area contributed by atoms with Gasteiger partial charge in [-0.3, -0.25) is 19.3 Å². The molecule has 3 rings (SSSR count). The zero-order chi connectivity index (χ0) is 22.9. The fourth-order valence-electron chi connectivity index (χ4n) is 3.18. The number of nitrogens with one attached hydrogen (secondary N) is 1. The van der Waals surface area contributed by atoms with Crippen LogP contribution in [-0.4, -0.2) is 59.2 Å². The van der Waals surface area contributed by atoms with Crippen molar-refractivity contribution in [3.05, 3.63) is 45.9 Å². The van der Waals surface area contributed by atoms with E-state index in [9.17, 15) is 23.6 Å². The number of carbonyl (C=O) groups is 4. The molecule has 1 aromatic rings. The van der Waals surface area contributed by atoms with Crippen molar-refractivity contribution in [3.8, 4) is 0 Å². The molecule has 0 spiro atoms. The Morgan fingerprint density at radius 2 is 2.06 bits per heavy atom. The Morgan fingerprint density at radius 1 is 1.35 bits per heavy atom. The van der Waals surface area contributed by atoms with E-state index in [1.165, 1.54) is 24.0 Å². The molecule has 166 valence electrons. The van der Waals surface area contributed by atoms with Gasteiger partial charge in [-0.25, -0.2) is 9.18 Å². The lowest BCUT2D eigenvalue weighted by Crippen LogP contribution is -2.70. The van der Waals surface area contributed by atoms with E-state index in [1.807, 2.05) is 0 Å². The molecule has 0 aliphatic carbocycles. The van der Waals surface area contributed by atoms with E-state index >= 15 is 0 Å². The van der Waals surface area contributed by atoms with Crippen LogP contribution in [0, 0.1) is 5.82 Å². The van der Waals surface area contributed by atoms with Gasteiger partial charge < -0.3 is 20.5 Å². The van der Waals surface area contributed by atoms with Crippen LogP contribution in [0.5, 0.6) is 0 Å². The van der Waals surface area contributed by atoms with Crippen LogP contribution in [0.1, 0.15) is 12.5 Å². The molecule has 1 saturated heterocycles. The number of fused-ring (bicyclic) bond motifs is 1. The van der Waals surface area contributed by atoms with Gasteiger partial charge in [0.1, 0.15) is 34.9 Å². The third-order valence-corrected chi connectivity index (χ3v) is 6.50. The summed E-state index contributed by atoms with van der Waals surface area (Å²) in [6.45, 7) is 0.840. The van der Waals surface area contributed by atoms with Crippen LogP contribution in [0.2, 0.25) is 5.02 Å². The van der Waals surface area contributed by atoms with E-state index in [0.29, 0.717) is 5.56 Å². The molecule has 3 atom stereocenters. The summed E-state index contributed by atoms with van der Waals surface area (Å²) in [5, 5.41) is 1.38. The fourth-order valence-corrected chi connectivity index (χ4v) is 4.85. The SMILES string of the molecule is COC(=O)C1=C(COC(C)=O)C(NC(=O)Cc2ccc(F)cc2Cl)S[C@@H]2C(N)C(=O)N12. The Kier molecular flexibility index (Phi) is 6.87. The zero-order valence-corrected chi connectivity index (χ0v) is 18.1. The van der Waals surface area contributed by atoms with E-state index in [2.05, 4.69) is 5.32 Å². The smallest absolute Gasteiger partial charge is 0.355 e. The van der Waals surface area contributed by atoms with E-state index in [1.54, 1.807) is 0 Å². The average Bonchev–Trinajstić information content (AvgIpc) is 2.72. The lowest BCUT2D eigenvalue weighted by molar-refractivity contribution is -0.149. The first-order chi connectivity index (χ1) is 14.6. The van der Waals surface area contributed by atoms with E-state index < -0.39 is 46.4 Å². The number of esters is 2. The number of thioether (sulfide) groups is 1. The highest BCUT2D eigenvalue weighted by Crippen LogP contribution is 2.43. The Morgan fingerprint density at radius 3 is 2.68 bits per heavy atom. The van der Waals surface area contributed by atoms with Crippen LogP contribution in [0.4, 0.5) is 4.39 Å². The minimum absolute atomic E-state index is 0.0927. The van der Waals surface area contributed by atoms with Crippen molar-refractivity contribution in [1.29, 1.82) is 0 Å². The number of amides is 2. The Hall–Kier alpha value is -2.63. The van der Waals surface area contributed by atoms with Gasteiger partial charge in [-0.2, -0.15) is 0 Å². The van der Waals surface area contributed by atoms with Crippen molar-refractivity contribution in [2.45, 2.75) is 30.1 Å². The van der Waals surface area contributed by atoms with Crippen molar-refractivity contribution in [2.24, 2.45) is 5.73 Å². The number of hydrogen-bond donors (Lipinski definition) is 2. The van der Waals surface area contributed by atoms with Gasteiger partial charge in [0.15, 0.2) is 0 Å². The van der Waals surface area contributed by atoms with E-state index in [-0.39, 0.29) is 29.3 Å². The molecule has 2 aliphatic heterocycles. The summed E-state index contributed by atoms with van der Waals surface area (Å²) in [4.78, 5) is 49.9. The number of β-lactam (4-membered cyclic amide) rings is 1. The lowest BCUT2D eigenvalue weighted by atomic mass is 10.0. The number of ether oxygens (including phenoxy) is 2. The number of carbonyl (C=O) groups excluding carboxylic acids is 4. The Bertz CT molecular complexity index is 987. The van der Waals surface area contributed by atoms with Gasteiger partial charge in [-0.1, -0.05) is 17.7 Å². The van der Waals surface area contributed by atoms with Crippen LogP contribution in [0.25, 0.3) is 0 Å². The van der Waals surface area contributed by atoms with Crippen LogP contribution < -0.4 is 11.1 Å². The summed E-state index contributed by atoms with van der Waals surface area (Å²) in [6.07, 6.45) is -0.163. The first-order valence-corrected chi connectivity index (χ1v) is 10.4. The molecule has 1 aromatic carbocycles. The van der Waals surface area contributed by atoms with Crippen molar-refractivity contribution < 1.29 is 33.0 Å². The predicted octanol–water partition coefficient (Wildman–Crippen LogP) is 0.696. The Balaban J connectivity index is 1.90. The van der Waals surface area contributed by atoms with Crippen molar-refractivity contribution in [1.82, 2.24) is 10.2 Å². The van der Waals surface area contributed by atoms with Gasteiger partial charge >= 0.3 is 11.9 Å². The van der Waals surface area contributed by atoms with Gasteiger partial charge in [-0.05, 0) is 17.7 Å². The molecule has 2 heterocycles. The predicted molar refractivity (Wildman–Crippen MR) is 109 cm³/mol. The van der Waals surface area contributed by atoms with E-state index in [4.69, 9.17) is 26.8 Å². The summed E-state index contributed by atoms with van der Waals surface area (Å²) in [7, 11) is 1.14. The molecule has 0 bridgehead atoms. The standard InChI is InChI=1S/C19H19ClFN3O6S/c1-8(25)30-7-11-15(19(28)29-2)24-17(27)14(22)18(24)31-16(11)23-13(26)5-9-3-4-10(21)6-12(9)20/h3-4,6,14,16,18H,5,7,22H2,1-2H3,(H,23,26)/t14?,16?,18-/m1/s1. The molecule has 2 unspecified atom stereocenters. The number of nitrogens with zero attached hydrogens (tertiary/aromatic N) is 1. The number of halogens is 2. The molecule has 12 heteroatoms. The molecule has 31 heavy (non-hydrogen) atoms. The van der Waals surface area contributed by atoms with E-state index in [0.717, 1.165) is 24.9 Å². The number of nitrogens with two attached hydrogens (primary N) is 1. The van der Waals surface area contributed by atoms with Crippen LogP contribution in [0.3, 0.4) is 0 Å². The van der Waals surface area contributed by atoms with Gasteiger partial charge in [0.05, 0.1) is 13.5 Å². The number of rotatable bonds is 6. The summed E-state index contributed by atoms with van der Waals surface area (Å²) in [5.74, 6) is -2.94. The molecule has 0 aromatic heterocycles. The monoisotopic (exact) mass is 471 g/mol. The first-order valence-electron chi connectivity index (χ1n) is 9.06. The second-order valence-corrected chi connectivity index (χ2v) is 8.40. The van der Waals surface area contributed by atoms with Crippen molar-refractivity contribution in [3.63, 3.8) is 0 Å². The number of benzene rings is 1. The largest absolute Gasteiger partial charge is 0.464 e. The minimum atomic E-state index is -0.870. The zero-order valence-electron chi connectivity index (χ0n) is 16.5. The van der Waals surface area contributed by atoms with Crippen molar-refractivity contribution >= 4 is 47.1 Å². The molecular formula is C19H19ClFN3O6S. The summed E-state index contributed by atoms with van der Waals surface area (Å²) < 4.78 is 23.1. The number of hydrogen-bond acceptors (Lipinski definition) is 8. The highest BCUT2D eigenvalue weighted by atomic mass is 35.5. The quantitative estimate of drug-likeness (QED) is 0.458. The van der Waals surface area contributed by atoms with Crippen LogP contribution in [-0.2, 0) is 35.1 Å². The molecular weight excluding hydrogens is 453 g/mol. The first kappa shape index (κ1) is 23.0. The minimum Gasteiger partial charge on any atom is -0.464 e. The highest BCUT2D eigenvalue weighted by molar-refractivity contribution is 8.00. The topological polar surface area (TPSA) is 128 Å². The maximum absolute atomic E-state index is 13.2. The van der Waals surface area contributed by atoms with Gasteiger partial charge in [0.2, 0.25) is 11.8 Å². The molecule has 9 nitrogen and oxygen atoms in total. The molecule has 2 amide bonds. The highest BCUT2D eigenvalue weighted by Gasteiger charge is 2.54. The average molecular weight is 472 g/mol. The van der Waals surface area contributed by atoms with Crippen molar-refractivity contribution in [2.75, 3.05) is 13.7 Å². The summed E-state index contributed by atoms with van der Waals surface area (Å²) in [6, 6.07) is 2.80. The fraction of sp³-hybridized carbons (Fsp3) is 0.368. The molecule has 0 radical (unpaired) electrons. The molecule has 0 saturated carbocycles. The summed E-state index contributed by atoms with van der Waals surface area (Å²) >= 11 is 7.11. The van der Waals surface area contributed by atoms with Gasteiger partial charge in [0, 0.05) is 17.5 Å². The molecule has 2 aliphatic rings. The summed E-state index contributed by atoms with van der Waals surface area (Å²) in [5.41, 5.74) is 6.32. The normalized spacial score (nSPS) is 22.4. The maximum atomic E-state index is 13.2. The second kappa shape index (κ2) is 9.25. The Labute approximate surface area is 186 Å². The lowest BCUT2D eigenvalue weighted by Gasteiger charge is -2.50. The van der Waals surface area contributed by atoms with Crippen LogP contribution in [0.15, 0.2) is 29.5 Å². The third-order valence-electron chi connectivity index (χ3n) is 4.69. The molecule has 1 fully saturated rings.